The van der Waals surface area contributed by atoms with Crippen molar-refractivity contribution in [2.75, 3.05) is 18.4 Å². The van der Waals surface area contributed by atoms with E-state index in [9.17, 15) is 27.6 Å². The van der Waals surface area contributed by atoms with Crippen LogP contribution in [0.5, 0.6) is 0 Å². The van der Waals surface area contributed by atoms with Crippen LogP contribution < -0.4 is 16.0 Å². The van der Waals surface area contributed by atoms with Crippen molar-refractivity contribution in [1.29, 1.82) is 0 Å². The Hall–Kier alpha value is -5.97. The Morgan fingerprint density at radius 2 is 1.71 bits per heavy atom. The lowest BCUT2D eigenvalue weighted by atomic mass is 9.92. The van der Waals surface area contributed by atoms with E-state index in [2.05, 4.69) is 81.4 Å². The van der Waals surface area contributed by atoms with E-state index < -0.39 is 29.4 Å². The molecule has 1 unspecified atom stereocenters. The number of aryl methyl sites for hydroxylation is 1. The lowest BCUT2D eigenvalue weighted by molar-refractivity contribution is -0.182. The molecule has 2 aliphatic rings. The van der Waals surface area contributed by atoms with E-state index in [1.807, 2.05) is 19.1 Å². The fourth-order valence-electron chi connectivity index (χ4n) is 6.79. The molecular formula is C39H42F3N11O3. The van der Waals surface area contributed by atoms with Crippen molar-refractivity contribution in [2.45, 2.75) is 83.1 Å². The summed E-state index contributed by atoms with van der Waals surface area (Å²) < 4.78 is 41.6. The Morgan fingerprint density at radius 1 is 0.964 bits per heavy atom. The summed E-state index contributed by atoms with van der Waals surface area (Å²) in [4.78, 5) is 51.7. The van der Waals surface area contributed by atoms with Gasteiger partial charge in [-0.3, -0.25) is 34.7 Å². The molecule has 4 N–H and O–H groups in total. The van der Waals surface area contributed by atoms with Gasteiger partial charge in [0.05, 0.1) is 42.1 Å². The van der Waals surface area contributed by atoms with Gasteiger partial charge in [-0.05, 0) is 87.5 Å². The first-order chi connectivity index (χ1) is 26.7. The molecule has 0 bridgehead atoms. The first-order valence-corrected chi connectivity index (χ1v) is 18.4. The summed E-state index contributed by atoms with van der Waals surface area (Å²) in [5.41, 5.74) is 4.09. The van der Waals surface area contributed by atoms with Gasteiger partial charge in [-0.2, -0.15) is 23.4 Å². The quantitative estimate of drug-likeness (QED) is 0.132. The Balaban J connectivity index is 0.887. The minimum Gasteiger partial charge on any atom is -0.357 e. The smallest absolute Gasteiger partial charge is 0.357 e. The molecular weight excluding hydrogens is 727 g/mol. The molecule has 3 amide bonds. The van der Waals surface area contributed by atoms with Gasteiger partial charge in [-0.15, -0.1) is 0 Å². The number of halogens is 3. The van der Waals surface area contributed by atoms with Crippen LogP contribution in [-0.4, -0.2) is 82.9 Å². The van der Waals surface area contributed by atoms with E-state index in [1.54, 1.807) is 23.3 Å². The Morgan fingerprint density at radius 3 is 2.39 bits per heavy atom. The second-order valence-corrected chi connectivity index (χ2v) is 14.8. The normalized spacial score (nSPS) is 17.1. The minimum atomic E-state index is -4.52. The van der Waals surface area contributed by atoms with Gasteiger partial charge in [0.1, 0.15) is 23.1 Å². The van der Waals surface area contributed by atoms with Crippen LogP contribution in [0.25, 0.3) is 16.8 Å². The number of aromatic amines is 1. The molecule has 1 atom stereocenters. The molecule has 5 heterocycles. The zero-order chi connectivity index (χ0) is 39.6. The summed E-state index contributed by atoms with van der Waals surface area (Å²) in [6.07, 6.45) is 4.61. The number of hydrogen-bond donors (Lipinski definition) is 4. The number of amides is 3. The van der Waals surface area contributed by atoms with Crippen molar-refractivity contribution in [1.82, 2.24) is 50.5 Å². The van der Waals surface area contributed by atoms with Gasteiger partial charge in [0, 0.05) is 25.1 Å². The topological polar surface area (TPSA) is 176 Å². The van der Waals surface area contributed by atoms with Crippen LogP contribution in [0, 0.1) is 6.92 Å². The van der Waals surface area contributed by atoms with Crippen molar-refractivity contribution < 1.29 is 27.6 Å². The Kier molecular flexibility index (Phi) is 10.7. The number of hydrogen-bond acceptors (Lipinski definition) is 10. The van der Waals surface area contributed by atoms with Gasteiger partial charge in [-0.1, -0.05) is 30.3 Å². The summed E-state index contributed by atoms with van der Waals surface area (Å²) >= 11 is 0. The maximum Gasteiger partial charge on any atom is 0.401 e. The van der Waals surface area contributed by atoms with E-state index in [0.29, 0.717) is 24.6 Å². The molecule has 0 spiro atoms. The highest BCUT2D eigenvalue weighted by atomic mass is 19.4. The number of aromatic nitrogens is 7. The molecule has 0 radical (unpaired) electrons. The van der Waals surface area contributed by atoms with E-state index in [0.717, 1.165) is 74.4 Å². The number of imide groups is 1. The van der Waals surface area contributed by atoms with Crippen LogP contribution in [0.2, 0.25) is 0 Å². The van der Waals surface area contributed by atoms with Crippen molar-refractivity contribution >= 4 is 23.5 Å². The van der Waals surface area contributed by atoms with Gasteiger partial charge in [0.25, 0.3) is 5.91 Å². The number of H-pyrrole nitrogens is 1. The average Bonchev–Trinajstić information content (AvgIpc) is 3.87. The number of nitrogens with one attached hydrogen (secondary N) is 4. The Bertz CT molecular complexity index is 2210. The third-order valence-corrected chi connectivity index (χ3v) is 10.4. The van der Waals surface area contributed by atoms with Crippen LogP contribution in [0.15, 0.2) is 67.3 Å². The maximum absolute atomic E-state index is 13.3. The molecule has 3 aromatic heterocycles. The van der Waals surface area contributed by atoms with Gasteiger partial charge < -0.3 is 10.6 Å². The number of carbonyl (C=O) groups is 3. The van der Waals surface area contributed by atoms with E-state index in [4.69, 9.17) is 0 Å². The zero-order valence-corrected chi connectivity index (χ0v) is 31.2. The first kappa shape index (κ1) is 38.3. The van der Waals surface area contributed by atoms with Gasteiger partial charge in [0.15, 0.2) is 5.82 Å². The third kappa shape index (κ3) is 8.46. The second-order valence-electron chi connectivity index (χ2n) is 14.8. The maximum atomic E-state index is 13.3. The van der Waals surface area contributed by atoms with E-state index in [-0.39, 0.29) is 29.7 Å². The lowest BCUT2D eigenvalue weighted by Crippen LogP contribution is -2.47. The zero-order valence-electron chi connectivity index (χ0n) is 31.2. The summed E-state index contributed by atoms with van der Waals surface area (Å²) in [7, 11) is 0. The highest BCUT2D eigenvalue weighted by Gasteiger charge is 2.51. The third-order valence-electron chi connectivity index (χ3n) is 10.4. The van der Waals surface area contributed by atoms with Gasteiger partial charge in [0.2, 0.25) is 11.8 Å². The van der Waals surface area contributed by atoms with Crippen LogP contribution in [0.1, 0.15) is 84.3 Å². The predicted molar refractivity (Wildman–Crippen MR) is 199 cm³/mol. The Labute approximate surface area is 320 Å². The SMILES string of the molecule is Cc1cc(-c2ccc(CN3CCC(c4cnc(NC5CCC(=O)NC5=O)cn4)CC3)cc2)ccc1-n1cc(C(=O)NCc2nc(C(C)(C)C(F)(F)F)n[nH]2)cn1. The molecule has 56 heavy (non-hydrogen) atoms. The van der Waals surface area contributed by atoms with Gasteiger partial charge >= 0.3 is 6.18 Å². The summed E-state index contributed by atoms with van der Waals surface area (Å²) in [6, 6.07) is 14.1. The van der Waals surface area contributed by atoms with Gasteiger partial charge in [-0.25, -0.2) is 14.6 Å². The van der Waals surface area contributed by atoms with Crippen LogP contribution in [-0.2, 0) is 28.1 Å². The van der Waals surface area contributed by atoms with Crippen molar-refractivity contribution in [2.24, 2.45) is 0 Å². The number of nitrogens with zero attached hydrogens (tertiary/aromatic N) is 7. The van der Waals surface area contributed by atoms with Crippen LogP contribution in [0.3, 0.4) is 0 Å². The predicted octanol–water partition coefficient (Wildman–Crippen LogP) is 5.12. The van der Waals surface area contributed by atoms with Crippen molar-refractivity contribution in [3.05, 3.63) is 101 Å². The number of piperidine rings is 2. The molecule has 2 fully saturated rings. The molecule has 2 aliphatic heterocycles. The van der Waals surface area contributed by atoms with Crippen molar-refractivity contribution in [3.8, 4) is 16.8 Å². The highest BCUT2D eigenvalue weighted by Crippen LogP contribution is 2.38. The number of likely N-dealkylation sites (tertiary alicyclic amines) is 1. The van der Waals surface area contributed by atoms with E-state index >= 15 is 0 Å². The van der Waals surface area contributed by atoms with E-state index in [1.165, 1.54) is 11.8 Å². The number of carbonyl (C=O) groups excluding carboxylic acids is 3. The molecule has 2 saturated heterocycles. The number of rotatable bonds is 11. The second kappa shape index (κ2) is 15.6. The molecule has 0 aliphatic carbocycles. The van der Waals surface area contributed by atoms with Crippen LogP contribution >= 0.6 is 0 Å². The highest BCUT2D eigenvalue weighted by molar-refractivity contribution is 6.01. The van der Waals surface area contributed by atoms with Crippen LogP contribution in [0.4, 0.5) is 19.0 Å². The molecule has 5 aromatic rings. The molecule has 14 nitrogen and oxygen atoms in total. The van der Waals surface area contributed by atoms with Crippen molar-refractivity contribution in [3.63, 3.8) is 0 Å². The summed E-state index contributed by atoms with van der Waals surface area (Å²) in [5, 5.41) is 18.6. The molecule has 292 valence electrons. The lowest BCUT2D eigenvalue weighted by Gasteiger charge is -2.31. The molecule has 0 saturated carbocycles. The largest absolute Gasteiger partial charge is 0.401 e. The summed E-state index contributed by atoms with van der Waals surface area (Å²) in [6.45, 7) is 6.56. The average molecular weight is 770 g/mol. The minimum absolute atomic E-state index is 0.108. The number of anilines is 1. The molecule has 17 heteroatoms. The number of benzene rings is 2. The molecule has 2 aromatic carbocycles. The standard InChI is InChI=1S/C39H42F3N11O3/c1-23-16-27(8-10-31(23)53-22-28(17-46-53)35(55)45-20-33-48-37(51-50-33)38(2,3)39(40,41)42)25-6-4-24(5-7-25)21-52-14-12-26(13-15-52)30-18-44-32(19-43-30)47-29-9-11-34(54)49-36(29)56/h4-8,10,16-19,22,26,29H,9,11-15,20-21H2,1-3H3,(H,44,47)(H,45,55)(H,48,50,51)(H,49,54,56). The fourth-order valence-corrected chi connectivity index (χ4v) is 6.79. The monoisotopic (exact) mass is 769 g/mol. The summed E-state index contributed by atoms with van der Waals surface area (Å²) in [5.74, 6) is -0.504. The molecule has 7 rings (SSSR count). The first-order valence-electron chi connectivity index (χ1n) is 18.4. The fraction of sp³-hybridized carbons (Fsp3) is 0.385. The number of alkyl halides is 3.